The molecule has 0 aromatic carbocycles. The zero-order chi connectivity index (χ0) is 13.7. The molecule has 0 radical (unpaired) electrons. The van der Waals surface area contributed by atoms with Crippen molar-refractivity contribution in [3.8, 4) is 0 Å². The van der Waals surface area contributed by atoms with Gasteiger partial charge in [-0.25, -0.2) is 0 Å². The number of aliphatic hydroxyl groups excluding tert-OH is 1. The summed E-state index contributed by atoms with van der Waals surface area (Å²) in [6.07, 6.45) is 4.11. The van der Waals surface area contributed by atoms with Crippen LogP contribution in [0.3, 0.4) is 0 Å². The van der Waals surface area contributed by atoms with Gasteiger partial charge in [0.2, 0.25) is 0 Å². The normalized spacial score (nSPS) is 16.8. The first-order chi connectivity index (χ1) is 9.22. The van der Waals surface area contributed by atoms with E-state index < -0.39 is 0 Å². The molecule has 1 aromatic heterocycles. The first-order valence-electron chi connectivity index (χ1n) is 6.78. The smallest absolute Gasteiger partial charge is 0.289 e. The number of hydrogen-bond donors (Lipinski definition) is 1. The first kappa shape index (κ1) is 14.1. The molecule has 19 heavy (non-hydrogen) atoms. The molecule has 106 valence electrons. The number of aryl methyl sites for hydroxylation is 1. The van der Waals surface area contributed by atoms with E-state index in [4.69, 9.17) is 14.3 Å². The Labute approximate surface area is 113 Å². The van der Waals surface area contributed by atoms with Crippen molar-refractivity contribution >= 4 is 5.91 Å². The number of carbonyl (C=O) groups excluding carboxylic acids is 1. The Morgan fingerprint density at radius 3 is 2.84 bits per heavy atom. The van der Waals surface area contributed by atoms with E-state index in [9.17, 15) is 4.79 Å². The lowest BCUT2D eigenvalue weighted by atomic mass is 10.1. The molecule has 1 N–H and O–H groups in total. The lowest BCUT2D eigenvalue weighted by molar-refractivity contribution is 0.00325. The Bertz CT molecular complexity index is 407. The maximum absolute atomic E-state index is 12.2. The van der Waals surface area contributed by atoms with Crippen molar-refractivity contribution in [1.29, 1.82) is 0 Å². The van der Waals surface area contributed by atoms with E-state index in [0.717, 1.165) is 18.4 Å². The van der Waals surface area contributed by atoms with E-state index >= 15 is 0 Å². The van der Waals surface area contributed by atoms with Crippen molar-refractivity contribution < 1.29 is 19.1 Å². The molecule has 1 aromatic rings. The molecule has 1 aliphatic rings. The van der Waals surface area contributed by atoms with E-state index in [1.807, 2.05) is 11.8 Å². The summed E-state index contributed by atoms with van der Waals surface area (Å²) in [5.41, 5.74) is 0.881. The number of piperidine rings is 1. The maximum Gasteiger partial charge on any atom is 0.289 e. The SMILES string of the molecule is Cc1ccoc1C(=O)N1CCC(OCCCO)CC1. The minimum atomic E-state index is -0.0312. The maximum atomic E-state index is 12.2. The third-order valence-corrected chi connectivity index (χ3v) is 3.44. The second-order valence-corrected chi connectivity index (χ2v) is 4.87. The van der Waals surface area contributed by atoms with Crippen LogP contribution in [0.1, 0.15) is 35.4 Å². The topological polar surface area (TPSA) is 62.9 Å². The van der Waals surface area contributed by atoms with Crippen LogP contribution >= 0.6 is 0 Å². The molecule has 0 aliphatic carbocycles. The van der Waals surface area contributed by atoms with Crippen LogP contribution in [-0.4, -0.2) is 48.3 Å². The van der Waals surface area contributed by atoms with Gasteiger partial charge in [-0.1, -0.05) is 0 Å². The van der Waals surface area contributed by atoms with Gasteiger partial charge in [0.25, 0.3) is 5.91 Å². The largest absolute Gasteiger partial charge is 0.459 e. The zero-order valence-electron chi connectivity index (χ0n) is 11.3. The fraction of sp³-hybridized carbons (Fsp3) is 0.643. The number of amides is 1. The van der Waals surface area contributed by atoms with Gasteiger partial charge in [0.15, 0.2) is 5.76 Å². The van der Waals surface area contributed by atoms with Crippen molar-refractivity contribution in [2.24, 2.45) is 0 Å². The summed E-state index contributed by atoms with van der Waals surface area (Å²) in [5, 5.41) is 8.70. The number of likely N-dealkylation sites (tertiary alicyclic amines) is 1. The molecule has 2 heterocycles. The Hall–Kier alpha value is -1.33. The van der Waals surface area contributed by atoms with Crippen LogP contribution in [0.25, 0.3) is 0 Å². The lowest BCUT2D eigenvalue weighted by Crippen LogP contribution is -2.41. The highest BCUT2D eigenvalue weighted by Gasteiger charge is 2.26. The van der Waals surface area contributed by atoms with Gasteiger partial charge in [-0.15, -0.1) is 0 Å². The molecule has 1 fully saturated rings. The fourth-order valence-electron chi connectivity index (χ4n) is 2.28. The zero-order valence-corrected chi connectivity index (χ0v) is 11.3. The average molecular weight is 267 g/mol. The molecular weight excluding hydrogens is 246 g/mol. The second kappa shape index (κ2) is 6.73. The summed E-state index contributed by atoms with van der Waals surface area (Å²) in [6.45, 7) is 4.02. The van der Waals surface area contributed by atoms with Crippen LogP contribution in [-0.2, 0) is 4.74 Å². The van der Waals surface area contributed by atoms with E-state index in [2.05, 4.69) is 0 Å². The van der Waals surface area contributed by atoms with Crippen molar-refractivity contribution in [2.75, 3.05) is 26.3 Å². The molecule has 0 bridgehead atoms. The number of rotatable bonds is 5. The van der Waals surface area contributed by atoms with Gasteiger partial charge in [0, 0.05) is 31.9 Å². The predicted octanol–water partition coefficient (Wildman–Crippen LogP) is 1.59. The van der Waals surface area contributed by atoms with Gasteiger partial charge in [-0.05, 0) is 32.3 Å². The molecule has 1 aliphatic heterocycles. The standard InChI is InChI=1S/C14H21NO4/c1-11-5-10-19-13(11)14(17)15-6-3-12(4-7-15)18-9-2-8-16/h5,10,12,16H,2-4,6-9H2,1H3. The summed E-state index contributed by atoms with van der Waals surface area (Å²) >= 11 is 0. The number of aliphatic hydroxyl groups is 1. The van der Waals surface area contributed by atoms with Crippen LogP contribution in [0.2, 0.25) is 0 Å². The monoisotopic (exact) mass is 267 g/mol. The molecule has 0 saturated carbocycles. The van der Waals surface area contributed by atoms with Crippen LogP contribution in [0, 0.1) is 6.92 Å². The van der Waals surface area contributed by atoms with Crippen molar-refractivity contribution in [3.05, 3.63) is 23.7 Å². The van der Waals surface area contributed by atoms with Crippen LogP contribution < -0.4 is 0 Å². The Morgan fingerprint density at radius 1 is 1.53 bits per heavy atom. The highest BCUT2D eigenvalue weighted by Crippen LogP contribution is 2.18. The number of hydrogen-bond acceptors (Lipinski definition) is 4. The third kappa shape index (κ3) is 3.58. The lowest BCUT2D eigenvalue weighted by Gasteiger charge is -2.31. The van der Waals surface area contributed by atoms with Gasteiger partial charge >= 0.3 is 0 Å². The molecule has 0 spiro atoms. The van der Waals surface area contributed by atoms with Gasteiger partial charge in [-0.3, -0.25) is 4.79 Å². The Balaban J connectivity index is 1.80. The van der Waals surface area contributed by atoms with Crippen molar-refractivity contribution in [1.82, 2.24) is 4.90 Å². The highest BCUT2D eigenvalue weighted by molar-refractivity contribution is 5.92. The Morgan fingerprint density at radius 2 is 2.26 bits per heavy atom. The van der Waals surface area contributed by atoms with E-state index in [1.54, 1.807) is 12.3 Å². The van der Waals surface area contributed by atoms with Crippen molar-refractivity contribution in [2.45, 2.75) is 32.3 Å². The molecular formula is C14H21NO4. The van der Waals surface area contributed by atoms with Gasteiger partial charge in [0.1, 0.15) is 0 Å². The summed E-state index contributed by atoms with van der Waals surface area (Å²) in [7, 11) is 0. The quantitative estimate of drug-likeness (QED) is 0.823. The summed E-state index contributed by atoms with van der Waals surface area (Å²) in [4.78, 5) is 14.0. The molecule has 1 amide bonds. The van der Waals surface area contributed by atoms with E-state index in [0.29, 0.717) is 31.9 Å². The highest BCUT2D eigenvalue weighted by atomic mass is 16.5. The van der Waals surface area contributed by atoms with Crippen LogP contribution in [0.5, 0.6) is 0 Å². The number of furan rings is 1. The third-order valence-electron chi connectivity index (χ3n) is 3.44. The molecule has 1 saturated heterocycles. The van der Waals surface area contributed by atoms with Gasteiger partial charge < -0.3 is 19.2 Å². The summed E-state index contributed by atoms with van der Waals surface area (Å²) in [5.74, 6) is 0.413. The average Bonchev–Trinajstić information content (AvgIpc) is 2.85. The summed E-state index contributed by atoms with van der Waals surface area (Å²) < 4.78 is 10.9. The van der Waals surface area contributed by atoms with Crippen LogP contribution in [0.15, 0.2) is 16.7 Å². The minimum Gasteiger partial charge on any atom is -0.459 e. The second-order valence-electron chi connectivity index (χ2n) is 4.87. The molecule has 0 unspecified atom stereocenters. The van der Waals surface area contributed by atoms with Crippen LogP contribution in [0.4, 0.5) is 0 Å². The molecule has 2 rings (SSSR count). The molecule has 5 nitrogen and oxygen atoms in total. The number of carbonyl (C=O) groups is 1. The molecule has 5 heteroatoms. The number of ether oxygens (including phenoxy) is 1. The number of nitrogens with zero attached hydrogens (tertiary/aromatic N) is 1. The first-order valence-corrected chi connectivity index (χ1v) is 6.78. The van der Waals surface area contributed by atoms with Crippen molar-refractivity contribution in [3.63, 3.8) is 0 Å². The fourth-order valence-corrected chi connectivity index (χ4v) is 2.28. The van der Waals surface area contributed by atoms with Gasteiger partial charge in [-0.2, -0.15) is 0 Å². The Kier molecular flexibility index (Phi) is 4.99. The van der Waals surface area contributed by atoms with E-state index in [1.165, 1.54) is 0 Å². The minimum absolute atomic E-state index is 0.0312. The summed E-state index contributed by atoms with van der Waals surface area (Å²) in [6, 6.07) is 1.80. The predicted molar refractivity (Wildman–Crippen MR) is 70.0 cm³/mol. The van der Waals surface area contributed by atoms with E-state index in [-0.39, 0.29) is 18.6 Å². The molecule has 0 atom stereocenters. The van der Waals surface area contributed by atoms with Gasteiger partial charge in [0.05, 0.1) is 12.4 Å².